The van der Waals surface area contributed by atoms with Crippen LogP contribution in [0.1, 0.15) is 35.3 Å². The minimum absolute atomic E-state index is 0.0687. The van der Waals surface area contributed by atoms with Gasteiger partial charge in [-0.05, 0) is 29.9 Å². The van der Waals surface area contributed by atoms with Crippen molar-refractivity contribution < 1.29 is 4.79 Å². The van der Waals surface area contributed by atoms with Crippen LogP contribution in [0.5, 0.6) is 0 Å². The summed E-state index contributed by atoms with van der Waals surface area (Å²) in [6, 6.07) is 8.11. The Morgan fingerprint density at radius 3 is 2.31 bits per heavy atom. The molecule has 0 saturated heterocycles. The number of hydrogen-bond acceptors (Lipinski definition) is 1. The van der Waals surface area contributed by atoms with E-state index in [1.807, 2.05) is 12.1 Å². The molecular weight excluding hydrogens is 222 g/mol. The molecule has 0 heterocycles. The standard InChI is InChI=1S/C13H16ClNO/c1-15(2)13(16)12(14)11-7-5-10(6-8-11)9-3-4-9/h5-9,12H,3-4H2,1-2H3. The lowest BCUT2D eigenvalue weighted by Gasteiger charge is -2.15. The highest BCUT2D eigenvalue weighted by Gasteiger charge is 2.24. The first-order valence-electron chi connectivity index (χ1n) is 5.54. The van der Waals surface area contributed by atoms with E-state index in [1.165, 1.54) is 23.3 Å². The van der Waals surface area contributed by atoms with Crippen LogP contribution in [-0.2, 0) is 4.79 Å². The van der Waals surface area contributed by atoms with Gasteiger partial charge in [0, 0.05) is 14.1 Å². The van der Waals surface area contributed by atoms with Crippen molar-refractivity contribution in [3.8, 4) is 0 Å². The highest BCUT2D eigenvalue weighted by molar-refractivity contribution is 6.30. The molecule has 2 rings (SSSR count). The van der Waals surface area contributed by atoms with Gasteiger partial charge in [0.05, 0.1) is 0 Å². The molecule has 2 nitrogen and oxygen atoms in total. The Hall–Kier alpha value is -1.02. The van der Waals surface area contributed by atoms with Gasteiger partial charge in [0.2, 0.25) is 5.91 Å². The number of benzene rings is 1. The topological polar surface area (TPSA) is 20.3 Å². The Morgan fingerprint density at radius 2 is 1.88 bits per heavy atom. The van der Waals surface area contributed by atoms with Crippen molar-refractivity contribution in [2.75, 3.05) is 14.1 Å². The molecule has 1 aliphatic rings. The molecule has 1 fully saturated rings. The Morgan fingerprint density at radius 1 is 1.31 bits per heavy atom. The predicted molar refractivity (Wildman–Crippen MR) is 65.7 cm³/mol. The van der Waals surface area contributed by atoms with E-state index < -0.39 is 5.38 Å². The zero-order valence-electron chi connectivity index (χ0n) is 9.61. The summed E-state index contributed by atoms with van der Waals surface area (Å²) >= 11 is 6.11. The van der Waals surface area contributed by atoms with Gasteiger partial charge in [-0.1, -0.05) is 24.3 Å². The lowest BCUT2D eigenvalue weighted by molar-refractivity contribution is -0.128. The third kappa shape index (κ3) is 2.38. The number of alkyl halides is 1. The van der Waals surface area contributed by atoms with Crippen molar-refractivity contribution >= 4 is 17.5 Å². The minimum atomic E-state index is -0.566. The SMILES string of the molecule is CN(C)C(=O)C(Cl)c1ccc(C2CC2)cc1. The average Bonchev–Trinajstić information content (AvgIpc) is 3.11. The second-order valence-corrected chi connectivity index (χ2v) is 4.97. The van der Waals surface area contributed by atoms with Crippen LogP contribution in [0.3, 0.4) is 0 Å². The summed E-state index contributed by atoms with van der Waals surface area (Å²) in [5.41, 5.74) is 2.25. The molecule has 0 aromatic heterocycles. The molecule has 1 aliphatic carbocycles. The van der Waals surface area contributed by atoms with E-state index in [9.17, 15) is 4.79 Å². The van der Waals surface area contributed by atoms with Gasteiger partial charge in [-0.25, -0.2) is 0 Å². The van der Waals surface area contributed by atoms with Crippen LogP contribution in [-0.4, -0.2) is 24.9 Å². The number of likely N-dealkylation sites (N-methyl/N-ethyl adjacent to an activating group) is 1. The summed E-state index contributed by atoms with van der Waals surface area (Å²) in [5.74, 6) is 0.674. The largest absolute Gasteiger partial charge is 0.347 e. The van der Waals surface area contributed by atoms with Gasteiger partial charge in [0.25, 0.3) is 0 Å². The van der Waals surface area contributed by atoms with E-state index in [1.54, 1.807) is 14.1 Å². The van der Waals surface area contributed by atoms with Crippen molar-refractivity contribution in [1.29, 1.82) is 0 Å². The number of carbonyl (C=O) groups excluding carboxylic acids is 1. The Labute approximate surface area is 101 Å². The molecule has 1 unspecified atom stereocenters. The molecule has 1 aromatic carbocycles. The monoisotopic (exact) mass is 237 g/mol. The maximum Gasteiger partial charge on any atom is 0.244 e. The fourth-order valence-corrected chi connectivity index (χ4v) is 2.06. The molecule has 0 N–H and O–H groups in total. The van der Waals surface area contributed by atoms with Crippen molar-refractivity contribution in [1.82, 2.24) is 4.90 Å². The van der Waals surface area contributed by atoms with Gasteiger partial charge in [0.15, 0.2) is 0 Å². The summed E-state index contributed by atoms with van der Waals surface area (Å²) in [6.07, 6.45) is 2.58. The van der Waals surface area contributed by atoms with E-state index in [2.05, 4.69) is 12.1 Å². The second kappa shape index (κ2) is 4.46. The molecule has 0 radical (unpaired) electrons. The fourth-order valence-electron chi connectivity index (χ4n) is 1.72. The Bertz CT molecular complexity index is 381. The normalized spacial score (nSPS) is 16.9. The molecule has 16 heavy (non-hydrogen) atoms. The average molecular weight is 238 g/mol. The number of amides is 1. The van der Waals surface area contributed by atoms with Crippen LogP contribution in [0, 0.1) is 0 Å². The number of halogens is 1. The summed E-state index contributed by atoms with van der Waals surface area (Å²) in [4.78, 5) is 13.2. The minimum Gasteiger partial charge on any atom is -0.347 e. The summed E-state index contributed by atoms with van der Waals surface area (Å²) < 4.78 is 0. The van der Waals surface area contributed by atoms with E-state index in [4.69, 9.17) is 11.6 Å². The zero-order valence-corrected chi connectivity index (χ0v) is 10.4. The number of nitrogens with zero attached hydrogens (tertiary/aromatic N) is 1. The van der Waals surface area contributed by atoms with Crippen LogP contribution < -0.4 is 0 Å². The molecule has 0 bridgehead atoms. The lowest BCUT2D eigenvalue weighted by Crippen LogP contribution is -2.25. The molecule has 1 saturated carbocycles. The third-order valence-corrected chi connectivity index (χ3v) is 3.37. The highest BCUT2D eigenvalue weighted by Crippen LogP contribution is 2.40. The summed E-state index contributed by atoms with van der Waals surface area (Å²) in [5, 5.41) is -0.566. The predicted octanol–water partition coefficient (Wildman–Crippen LogP) is 2.93. The second-order valence-electron chi connectivity index (χ2n) is 4.54. The summed E-state index contributed by atoms with van der Waals surface area (Å²) in [6.45, 7) is 0. The van der Waals surface area contributed by atoms with Gasteiger partial charge >= 0.3 is 0 Å². The number of rotatable bonds is 3. The fraction of sp³-hybridized carbons (Fsp3) is 0.462. The zero-order chi connectivity index (χ0) is 11.7. The van der Waals surface area contributed by atoms with Gasteiger partial charge in [0.1, 0.15) is 5.38 Å². The van der Waals surface area contributed by atoms with Gasteiger partial charge in [-0.3, -0.25) is 4.79 Å². The van der Waals surface area contributed by atoms with Gasteiger partial charge in [-0.2, -0.15) is 0 Å². The van der Waals surface area contributed by atoms with Crippen LogP contribution in [0.2, 0.25) is 0 Å². The van der Waals surface area contributed by atoms with E-state index in [-0.39, 0.29) is 5.91 Å². The smallest absolute Gasteiger partial charge is 0.244 e. The van der Waals surface area contributed by atoms with Crippen LogP contribution in [0.15, 0.2) is 24.3 Å². The molecule has 0 spiro atoms. The first-order valence-corrected chi connectivity index (χ1v) is 5.98. The maximum atomic E-state index is 11.7. The van der Waals surface area contributed by atoms with Crippen molar-refractivity contribution in [2.45, 2.75) is 24.1 Å². The molecular formula is C13H16ClNO. The van der Waals surface area contributed by atoms with E-state index in [0.29, 0.717) is 0 Å². The van der Waals surface area contributed by atoms with Crippen LogP contribution >= 0.6 is 11.6 Å². The van der Waals surface area contributed by atoms with Crippen molar-refractivity contribution in [3.05, 3.63) is 35.4 Å². The third-order valence-electron chi connectivity index (χ3n) is 2.94. The number of carbonyl (C=O) groups is 1. The molecule has 0 aliphatic heterocycles. The lowest BCUT2D eigenvalue weighted by atomic mass is 10.1. The van der Waals surface area contributed by atoms with Crippen LogP contribution in [0.4, 0.5) is 0 Å². The molecule has 3 heteroatoms. The van der Waals surface area contributed by atoms with E-state index in [0.717, 1.165) is 11.5 Å². The molecule has 86 valence electrons. The quantitative estimate of drug-likeness (QED) is 0.741. The first kappa shape index (κ1) is 11.5. The highest BCUT2D eigenvalue weighted by atomic mass is 35.5. The Kier molecular flexibility index (Phi) is 3.20. The molecule has 1 atom stereocenters. The van der Waals surface area contributed by atoms with E-state index >= 15 is 0 Å². The van der Waals surface area contributed by atoms with Crippen molar-refractivity contribution in [3.63, 3.8) is 0 Å². The van der Waals surface area contributed by atoms with Crippen molar-refractivity contribution in [2.24, 2.45) is 0 Å². The molecule has 1 aromatic rings. The van der Waals surface area contributed by atoms with Gasteiger partial charge < -0.3 is 4.90 Å². The maximum absolute atomic E-state index is 11.7. The first-order chi connectivity index (χ1) is 7.59. The van der Waals surface area contributed by atoms with Crippen LogP contribution in [0.25, 0.3) is 0 Å². The number of hydrogen-bond donors (Lipinski definition) is 0. The summed E-state index contributed by atoms with van der Waals surface area (Å²) in [7, 11) is 3.44. The Balaban J connectivity index is 2.11. The molecule has 1 amide bonds. The van der Waals surface area contributed by atoms with Gasteiger partial charge in [-0.15, -0.1) is 11.6 Å².